The number of furan rings is 1. The molecule has 9 heteroatoms. The summed E-state index contributed by atoms with van der Waals surface area (Å²) in [7, 11) is 1.38. The molecule has 6 nitrogen and oxygen atoms in total. The zero-order valence-electron chi connectivity index (χ0n) is 12.5. The first kappa shape index (κ1) is 15.3. The maximum atomic E-state index is 13.0. The molecule has 0 spiro atoms. The largest absolute Gasteiger partial charge is 0.466 e. The zero-order valence-corrected chi connectivity index (χ0v) is 12.5. The molecule has 1 atom stereocenters. The number of aromatic nitrogens is 4. The lowest BCUT2D eigenvalue weighted by molar-refractivity contribution is -0.137. The van der Waals surface area contributed by atoms with Crippen LogP contribution in [0.5, 0.6) is 0 Å². The second-order valence-electron chi connectivity index (χ2n) is 5.16. The van der Waals surface area contributed by atoms with Crippen molar-refractivity contribution in [3.05, 3.63) is 41.2 Å². The van der Waals surface area contributed by atoms with E-state index in [1.165, 1.54) is 7.05 Å². The Balaban J connectivity index is 1.99. The van der Waals surface area contributed by atoms with Gasteiger partial charge in [0.2, 0.25) is 0 Å². The van der Waals surface area contributed by atoms with E-state index < -0.39 is 11.7 Å². The van der Waals surface area contributed by atoms with Gasteiger partial charge in [0.25, 0.3) is 5.89 Å². The molecule has 0 aromatic carbocycles. The highest BCUT2D eigenvalue weighted by Gasteiger charge is 2.38. The normalized spacial score (nSPS) is 13.5. The number of hydrogen-bond donors (Lipinski definition) is 0. The van der Waals surface area contributed by atoms with Crippen LogP contribution in [-0.2, 0) is 13.2 Å². The second-order valence-corrected chi connectivity index (χ2v) is 5.16. The number of hydrogen-bond acceptors (Lipinski definition) is 5. The van der Waals surface area contributed by atoms with Gasteiger partial charge in [0.15, 0.2) is 5.82 Å². The van der Waals surface area contributed by atoms with Crippen molar-refractivity contribution in [2.24, 2.45) is 7.05 Å². The van der Waals surface area contributed by atoms with Crippen LogP contribution in [0.4, 0.5) is 13.2 Å². The average molecular weight is 326 g/mol. The van der Waals surface area contributed by atoms with Crippen molar-refractivity contribution in [2.75, 3.05) is 0 Å². The van der Waals surface area contributed by atoms with Gasteiger partial charge >= 0.3 is 6.18 Å². The van der Waals surface area contributed by atoms with Crippen molar-refractivity contribution >= 4 is 0 Å². The lowest BCUT2D eigenvalue weighted by Crippen LogP contribution is -2.07. The maximum absolute atomic E-state index is 13.0. The van der Waals surface area contributed by atoms with E-state index in [0.29, 0.717) is 5.76 Å². The van der Waals surface area contributed by atoms with E-state index in [9.17, 15) is 13.2 Å². The molecule has 0 aliphatic heterocycles. The zero-order chi connectivity index (χ0) is 16.8. The third-order valence-electron chi connectivity index (χ3n) is 3.46. The van der Waals surface area contributed by atoms with Crippen LogP contribution in [0.25, 0.3) is 11.6 Å². The molecule has 3 heterocycles. The molecule has 0 amide bonds. The van der Waals surface area contributed by atoms with Crippen molar-refractivity contribution < 1.29 is 22.1 Å². The second kappa shape index (κ2) is 5.25. The van der Waals surface area contributed by atoms with Crippen molar-refractivity contribution in [3.63, 3.8) is 0 Å². The fourth-order valence-corrected chi connectivity index (χ4v) is 2.22. The van der Waals surface area contributed by atoms with E-state index in [1.807, 2.05) is 0 Å². The molecule has 0 saturated heterocycles. The van der Waals surface area contributed by atoms with Gasteiger partial charge < -0.3 is 8.94 Å². The molecule has 23 heavy (non-hydrogen) atoms. The highest BCUT2D eigenvalue weighted by Crippen LogP contribution is 2.36. The van der Waals surface area contributed by atoms with Gasteiger partial charge in [0.05, 0.1) is 12.1 Å². The summed E-state index contributed by atoms with van der Waals surface area (Å²) < 4.78 is 50.6. The maximum Gasteiger partial charge on any atom is 0.420 e. The van der Waals surface area contributed by atoms with Gasteiger partial charge in [-0.05, 0) is 26.0 Å². The monoisotopic (exact) mass is 326 g/mol. The predicted octanol–water partition coefficient (Wildman–Crippen LogP) is 3.54. The molecule has 3 rings (SSSR count). The smallest absolute Gasteiger partial charge is 0.420 e. The molecule has 3 aromatic rings. The first-order valence-electron chi connectivity index (χ1n) is 6.77. The van der Waals surface area contributed by atoms with Crippen LogP contribution in [0.1, 0.15) is 35.7 Å². The van der Waals surface area contributed by atoms with E-state index in [0.717, 1.165) is 16.6 Å². The number of rotatable bonds is 3. The van der Waals surface area contributed by atoms with Crippen molar-refractivity contribution in [1.29, 1.82) is 0 Å². The van der Waals surface area contributed by atoms with Crippen LogP contribution in [0.2, 0.25) is 0 Å². The Morgan fingerprint density at radius 2 is 2.00 bits per heavy atom. The molecule has 0 fully saturated rings. The van der Waals surface area contributed by atoms with Crippen LogP contribution in [0.3, 0.4) is 0 Å². The molecule has 1 unspecified atom stereocenters. The molecular formula is C14H13F3N4O2. The third kappa shape index (κ3) is 2.73. The Hall–Kier alpha value is -2.58. The quantitative estimate of drug-likeness (QED) is 0.736. The van der Waals surface area contributed by atoms with Gasteiger partial charge in [-0.15, -0.1) is 0 Å². The number of alkyl halides is 3. The van der Waals surface area contributed by atoms with E-state index in [-0.39, 0.29) is 23.3 Å². The SMILES string of the molecule is Cc1ccc(C(C)c2noc(-c3c(C(F)(F)F)cnn3C)n2)o1. The van der Waals surface area contributed by atoms with E-state index in [4.69, 9.17) is 8.94 Å². The lowest BCUT2D eigenvalue weighted by Gasteiger charge is -2.05. The first-order valence-corrected chi connectivity index (χ1v) is 6.77. The van der Waals surface area contributed by atoms with E-state index >= 15 is 0 Å². The van der Waals surface area contributed by atoms with E-state index in [1.54, 1.807) is 26.0 Å². The topological polar surface area (TPSA) is 69.9 Å². The molecule has 0 radical (unpaired) electrons. The summed E-state index contributed by atoms with van der Waals surface area (Å²) >= 11 is 0. The minimum atomic E-state index is -4.55. The molecule has 0 aliphatic carbocycles. The first-order chi connectivity index (χ1) is 10.8. The third-order valence-corrected chi connectivity index (χ3v) is 3.46. The molecule has 0 bridgehead atoms. The highest BCUT2D eigenvalue weighted by atomic mass is 19.4. The molecule has 122 valence electrons. The average Bonchev–Trinajstić information content (AvgIpc) is 3.15. The van der Waals surface area contributed by atoms with Gasteiger partial charge in [0.1, 0.15) is 22.8 Å². The fraction of sp³-hybridized carbons (Fsp3) is 0.357. The summed E-state index contributed by atoms with van der Waals surface area (Å²) in [5.41, 5.74) is -1.18. The molecular weight excluding hydrogens is 313 g/mol. The van der Waals surface area contributed by atoms with Crippen molar-refractivity contribution in [1.82, 2.24) is 19.9 Å². The highest BCUT2D eigenvalue weighted by molar-refractivity contribution is 5.54. The summed E-state index contributed by atoms with van der Waals surface area (Å²) in [6.45, 7) is 3.57. The number of aryl methyl sites for hydroxylation is 2. The van der Waals surface area contributed by atoms with Crippen molar-refractivity contribution in [3.8, 4) is 11.6 Å². The van der Waals surface area contributed by atoms with Gasteiger partial charge in [-0.2, -0.15) is 23.3 Å². The standard InChI is InChI=1S/C14H13F3N4O2/c1-7-4-5-10(22-7)8(2)12-19-13(23-20-12)11-9(14(15,16)17)6-18-21(11)3/h4-6,8H,1-3H3. The number of halogens is 3. The Morgan fingerprint density at radius 3 is 2.61 bits per heavy atom. The van der Waals surface area contributed by atoms with Crippen LogP contribution in [-0.4, -0.2) is 19.9 Å². The Morgan fingerprint density at radius 1 is 1.26 bits per heavy atom. The predicted molar refractivity (Wildman–Crippen MR) is 72.5 cm³/mol. The summed E-state index contributed by atoms with van der Waals surface area (Å²) in [4.78, 5) is 4.07. The molecule has 0 saturated carbocycles. The number of nitrogens with zero attached hydrogens (tertiary/aromatic N) is 4. The molecule has 0 aliphatic rings. The summed E-state index contributed by atoms with van der Waals surface area (Å²) in [6.07, 6.45) is -3.82. The van der Waals surface area contributed by atoms with Crippen LogP contribution < -0.4 is 0 Å². The Bertz CT molecular complexity index is 831. The van der Waals surface area contributed by atoms with Crippen molar-refractivity contribution in [2.45, 2.75) is 25.9 Å². The Labute approximate surface area is 128 Å². The lowest BCUT2D eigenvalue weighted by atomic mass is 10.1. The summed E-state index contributed by atoms with van der Waals surface area (Å²) in [5.74, 6) is 0.993. The van der Waals surface area contributed by atoms with Gasteiger partial charge in [-0.1, -0.05) is 5.16 Å². The molecule has 3 aromatic heterocycles. The summed E-state index contributed by atoms with van der Waals surface area (Å²) in [6, 6.07) is 3.55. The summed E-state index contributed by atoms with van der Waals surface area (Å²) in [5, 5.41) is 7.39. The van der Waals surface area contributed by atoms with Crippen LogP contribution in [0, 0.1) is 6.92 Å². The van der Waals surface area contributed by atoms with Gasteiger partial charge in [-0.3, -0.25) is 4.68 Å². The fourth-order valence-electron chi connectivity index (χ4n) is 2.22. The van der Waals surface area contributed by atoms with E-state index in [2.05, 4.69) is 15.2 Å². The minimum Gasteiger partial charge on any atom is -0.466 e. The molecule has 0 N–H and O–H groups in total. The van der Waals surface area contributed by atoms with Gasteiger partial charge in [0, 0.05) is 7.05 Å². The minimum absolute atomic E-state index is 0.234. The van der Waals surface area contributed by atoms with Gasteiger partial charge in [-0.25, -0.2) is 0 Å². The Kier molecular flexibility index (Phi) is 3.50. The van der Waals surface area contributed by atoms with Crippen LogP contribution >= 0.6 is 0 Å². The van der Waals surface area contributed by atoms with Crippen LogP contribution in [0.15, 0.2) is 27.3 Å².